The minimum absolute atomic E-state index is 0.676. The Kier molecular flexibility index (Phi) is 3.41. The zero-order chi connectivity index (χ0) is 4.99. The van der Waals surface area contributed by atoms with E-state index in [0.717, 1.165) is 0 Å². The van der Waals surface area contributed by atoms with Gasteiger partial charge < -0.3 is 9.84 Å². The second-order valence-corrected chi connectivity index (χ2v) is 0.900. The zero-order valence-corrected chi connectivity index (χ0v) is 3.65. The van der Waals surface area contributed by atoms with Crippen LogP contribution >= 0.6 is 11.6 Å². The Hall–Kier alpha value is 0.140. The second-order valence-electron chi connectivity index (χ2n) is 0.556. The van der Waals surface area contributed by atoms with Gasteiger partial charge in [-0.05, 0) is 0 Å². The first-order chi connectivity index (χ1) is 2.77. The normalized spacial score (nSPS) is 14.5. The van der Waals surface area contributed by atoms with E-state index in [-0.39, 0.29) is 0 Å². The minimum atomic E-state index is -1.88. The summed E-state index contributed by atoms with van der Waals surface area (Å²) in [6.45, 7) is -0.676. The zero-order valence-electron chi connectivity index (χ0n) is 2.90. The molecule has 0 amide bonds. The molecule has 0 heterocycles. The maximum absolute atomic E-state index is 11.1. The van der Waals surface area contributed by atoms with E-state index in [4.69, 9.17) is 5.11 Å². The molecule has 0 aromatic rings. The number of ether oxygens (including phenoxy) is 1. The fourth-order valence-electron chi connectivity index (χ4n) is 0.0563. The van der Waals surface area contributed by atoms with Crippen LogP contribution in [0.1, 0.15) is 0 Å². The van der Waals surface area contributed by atoms with Crippen LogP contribution < -0.4 is 0 Å². The first-order valence-corrected chi connectivity index (χ1v) is 1.71. The SMILES string of the molecule is OCOC(F)Cl. The van der Waals surface area contributed by atoms with Crippen molar-refractivity contribution in [2.75, 3.05) is 6.79 Å². The van der Waals surface area contributed by atoms with E-state index in [1.54, 1.807) is 0 Å². The third kappa shape index (κ3) is 4.14. The van der Waals surface area contributed by atoms with Gasteiger partial charge in [-0.3, -0.25) is 0 Å². The molecule has 0 saturated heterocycles. The summed E-state index contributed by atoms with van der Waals surface area (Å²) in [4.78, 5) is 0. The van der Waals surface area contributed by atoms with E-state index in [1.165, 1.54) is 0 Å². The summed E-state index contributed by atoms with van der Waals surface area (Å²) >= 11 is 4.53. The van der Waals surface area contributed by atoms with E-state index in [1.807, 2.05) is 0 Å². The van der Waals surface area contributed by atoms with E-state index >= 15 is 0 Å². The minimum Gasteiger partial charge on any atom is -0.370 e. The van der Waals surface area contributed by atoms with Gasteiger partial charge in [-0.1, -0.05) is 11.6 Å². The monoisotopic (exact) mass is 114 g/mol. The number of aliphatic hydroxyl groups excluding tert-OH is 1. The van der Waals surface area contributed by atoms with E-state index in [9.17, 15) is 4.39 Å². The summed E-state index contributed by atoms with van der Waals surface area (Å²) in [5, 5.41) is 7.69. The maximum Gasteiger partial charge on any atom is 0.278 e. The number of hydrogen-bond acceptors (Lipinski definition) is 2. The fourth-order valence-corrected chi connectivity index (χ4v) is 0.113. The molecule has 1 unspecified atom stereocenters. The van der Waals surface area contributed by atoms with Crippen molar-refractivity contribution in [3.63, 3.8) is 0 Å². The van der Waals surface area contributed by atoms with Crippen molar-refractivity contribution in [1.29, 1.82) is 0 Å². The molecule has 0 aliphatic heterocycles. The van der Waals surface area contributed by atoms with Crippen LogP contribution in [0.5, 0.6) is 0 Å². The van der Waals surface area contributed by atoms with Crippen LogP contribution in [0.15, 0.2) is 0 Å². The Morgan fingerprint density at radius 3 is 2.50 bits per heavy atom. The molecule has 0 aliphatic rings. The first kappa shape index (κ1) is 6.14. The van der Waals surface area contributed by atoms with E-state index < -0.39 is 12.6 Å². The number of rotatable bonds is 2. The molecule has 38 valence electrons. The van der Waals surface area contributed by atoms with Crippen molar-refractivity contribution in [2.24, 2.45) is 0 Å². The molecule has 1 atom stereocenters. The predicted octanol–water partition coefficient (Wildman–Crippen LogP) is 0.445. The molecular weight excluding hydrogens is 110 g/mol. The molecular formula is C2H4ClFO2. The van der Waals surface area contributed by atoms with Crippen LogP contribution in [0.3, 0.4) is 0 Å². The number of hydrogen-bond donors (Lipinski definition) is 1. The van der Waals surface area contributed by atoms with Gasteiger partial charge in [0.1, 0.15) is 6.79 Å². The summed E-state index contributed by atoms with van der Waals surface area (Å²) < 4.78 is 14.8. The smallest absolute Gasteiger partial charge is 0.278 e. The first-order valence-electron chi connectivity index (χ1n) is 1.28. The summed E-state index contributed by atoms with van der Waals surface area (Å²) in [6.07, 6.45) is 0. The number of aliphatic hydroxyl groups is 1. The Morgan fingerprint density at radius 2 is 2.50 bits per heavy atom. The molecule has 6 heavy (non-hydrogen) atoms. The van der Waals surface area contributed by atoms with Gasteiger partial charge in [0.05, 0.1) is 0 Å². The van der Waals surface area contributed by atoms with Gasteiger partial charge >= 0.3 is 0 Å². The average molecular weight is 115 g/mol. The lowest BCUT2D eigenvalue weighted by atomic mass is 11.4. The standard InChI is InChI=1S/C2H4ClFO2/c3-2(4)6-1-5/h2,5H,1H2. The Morgan fingerprint density at radius 1 is 2.00 bits per heavy atom. The Balaban J connectivity index is 2.63. The van der Waals surface area contributed by atoms with Crippen molar-refractivity contribution < 1.29 is 14.2 Å². The lowest BCUT2D eigenvalue weighted by Crippen LogP contribution is -1.96. The summed E-state index contributed by atoms with van der Waals surface area (Å²) in [6, 6.07) is 0. The van der Waals surface area contributed by atoms with E-state index in [2.05, 4.69) is 16.3 Å². The summed E-state index contributed by atoms with van der Waals surface area (Å²) in [5.74, 6) is -1.88. The highest BCUT2D eigenvalue weighted by Gasteiger charge is 1.93. The van der Waals surface area contributed by atoms with Gasteiger partial charge in [0.2, 0.25) is 0 Å². The lowest BCUT2D eigenvalue weighted by Gasteiger charge is -1.92. The fraction of sp³-hybridized carbons (Fsp3) is 1.00. The predicted molar refractivity (Wildman–Crippen MR) is 18.9 cm³/mol. The Bertz CT molecular complexity index is 32.7. The van der Waals surface area contributed by atoms with Crippen LogP contribution in [-0.4, -0.2) is 17.7 Å². The van der Waals surface area contributed by atoms with Gasteiger partial charge in [0.25, 0.3) is 5.82 Å². The molecule has 0 aliphatic carbocycles. The molecule has 0 aromatic heterocycles. The number of alkyl halides is 2. The highest BCUT2D eigenvalue weighted by atomic mass is 35.5. The topological polar surface area (TPSA) is 29.5 Å². The second kappa shape index (κ2) is 3.33. The molecule has 0 aromatic carbocycles. The van der Waals surface area contributed by atoms with Crippen molar-refractivity contribution in [3.05, 3.63) is 0 Å². The van der Waals surface area contributed by atoms with Crippen LogP contribution in [0, 0.1) is 0 Å². The summed E-state index contributed by atoms with van der Waals surface area (Å²) in [5.41, 5.74) is 0. The molecule has 2 nitrogen and oxygen atoms in total. The molecule has 0 rings (SSSR count). The van der Waals surface area contributed by atoms with Crippen LogP contribution in [0.2, 0.25) is 0 Å². The van der Waals surface area contributed by atoms with Crippen LogP contribution in [-0.2, 0) is 4.74 Å². The van der Waals surface area contributed by atoms with Crippen molar-refractivity contribution in [2.45, 2.75) is 5.82 Å². The molecule has 0 saturated carbocycles. The van der Waals surface area contributed by atoms with Gasteiger partial charge in [0.15, 0.2) is 0 Å². The Labute approximate surface area is 39.5 Å². The molecule has 1 N–H and O–H groups in total. The highest BCUT2D eigenvalue weighted by molar-refractivity contribution is 6.18. The molecule has 0 radical (unpaired) electrons. The third-order valence-electron chi connectivity index (χ3n) is 0.201. The van der Waals surface area contributed by atoms with Crippen LogP contribution in [0.25, 0.3) is 0 Å². The van der Waals surface area contributed by atoms with Crippen molar-refractivity contribution in [3.8, 4) is 0 Å². The van der Waals surface area contributed by atoms with Gasteiger partial charge in [-0.15, -0.1) is 0 Å². The molecule has 0 spiro atoms. The maximum atomic E-state index is 11.1. The van der Waals surface area contributed by atoms with Gasteiger partial charge in [-0.25, -0.2) is 0 Å². The quantitative estimate of drug-likeness (QED) is 0.417. The molecule has 0 fully saturated rings. The van der Waals surface area contributed by atoms with Crippen molar-refractivity contribution >= 4 is 11.6 Å². The lowest BCUT2D eigenvalue weighted by molar-refractivity contribution is -0.0657. The van der Waals surface area contributed by atoms with Gasteiger partial charge in [0, 0.05) is 0 Å². The number of halogens is 2. The van der Waals surface area contributed by atoms with Gasteiger partial charge in [-0.2, -0.15) is 4.39 Å². The molecule has 4 heteroatoms. The van der Waals surface area contributed by atoms with Crippen LogP contribution in [0.4, 0.5) is 4.39 Å². The van der Waals surface area contributed by atoms with E-state index in [0.29, 0.717) is 0 Å². The molecule has 0 bridgehead atoms. The third-order valence-corrected chi connectivity index (χ3v) is 0.327. The highest BCUT2D eigenvalue weighted by Crippen LogP contribution is 1.95. The largest absolute Gasteiger partial charge is 0.370 e. The summed E-state index contributed by atoms with van der Waals surface area (Å²) in [7, 11) is 0. The van der Waals surface area contributed by atoms with Crippen molar-refractivity contribution in [1.82, 2.24) is 0 Å². The average Bonchev–Trinajstić information content (AvgIpc) is 1.35.